The van der Waals surface area contributed by atoms with Crippen molar-refractivity contribution < 1.29 is 0 Å². The van der Waals surface area contributed by atoms with E-state index in [1.165, 1.54) is 36.6 Å². The van der Waals surface area contributed by atoms with E-state index >= 15 is 0 Å². The summed E-state index contributed by atoms with van der Waals surface area (Å²) in [4.78, 5) is 6.87. The van der Waals surface area contributed by atoms with Crippen LogP contribution < -0.4 is 5.32 Å². The Morgan fingerprint density at radius 1 is 1.38 bits per heavy atom. The molecule has 1 aromatic rings. The van der Waals surface area contributed by atoms with Crippen molar-refractivity contribution in [3.63, 3.8) is 0 Å². The molecule has 1 saturated heterocycles. The van der Waals surface area contributed by atoms with Crippen molar-refractivity contribution in [2.75, 3.05) is 37.0 Å². The van der Waals surface area contributed by atoms with E-state index in [9.17, 15) is 0 Å². The molecule has 1 aliphatic heterocycles. The molecular formula is C12H19N3S. The molecular weight excluding hydrogens is 218 g/mol. The van der Waals surface area contributed by atoms with Gasteiger partial charge in [0, 0.05) is 32.1 Å². The first-order chi connectivity index (χ1) is 7.88. The minimum absolute atomic E-state index is 0.940. The molecule has 0 spiro atoms. The third-order valence-corrected chi connectivity index (χ3v) is 3.85. The van der Waals surface area contributed by atoms with Crippen molar-refractivity contribution >= 4 is 17.6 Å². The number of thioether (sulfide) groups is 1. The van der Waals surface area contributed by atoms with Gasteiger partial charge in [-0.25, -0.2) is 4.98 Å². The fourth-order valence-corrected chi connectivity index (χ4v) is 2.80. The normalized spacial score (nSPS) is 18.1. The Morgan fingerprint density at radius 3 is 3.06 bits per heavy atom. The molecule has 1 aromatic heterocycles. The van der Waals surface area contributed by atoms with E-state index < -0.39 is 0 Å². The van der Waals surface area contributed by atoms with Crippen LogP contribution in [0.3, 0.4) is 0 Å². The summed E-state index contributed by atoms with van der Waals surface area (Å²) in [6, 6.07) is 4.21. The maximum absolute atomic E-state index is 4.34. The van der Waals surface area contributed by atoms with E-state index in [4.69, 9.17) is 0 Å². The second-order valence-electron chi connectivity index (χ2n) is 4.04. The molecule has 2 rings (SSSR count). The second kappa shape index (κ2) is 6.11. The van der Waals surface area contributed by atoms with E-state index in [0.29, 0.717) is 0 Å². The third-order valence-electron chi connectivity index (χ3n) is 2.80. The largest absolute Gasteiger partial charge is 0.373 e. The summed E-state index contributed by atoms with van der Waals surface area (Å²) in [7, 11) is 1.90. The van der Waals surface area contributed by atoms with Crippen molar-refractivity contribution in [3.8, 4) is 0 Å². The first-order valence-corrected chi connectivity index (χ1v) is 6.97. The Bertz CT molecular complexity index is 305. The smallest absolute Gasteiger partial charge is 0.125 e. The molecule has 0 radical (unpaired) electrons. The number of pyridine rings is 1. The number of rotatable bonds is 3. The van der Waals surface area contributed by atoms with Gasteiger partial charge in [0.05, 0.1) is 0 Å². The second-order valence-corrected chi connectivity index (χ2v) is 5.27. The monoisotopic (exact) mass is 237 g/mol. The molecule has 0 aromatic carbocycles. The highest BCUT2D eigenvalue weighted by Crippen LogP contribution is 2.13. The fourth-order valence-electron chi connectivity index (χ4n) is 1.88. The quantitative estimate of drug-likeness (QED) is 0.871. The van der Waals surface area contributed by atoms with Gasteiger partial charge in [-0.1, -0.05) is 6.07 Å². The van der Waals surface area contributed by atoms with E-state index in [0.717, 1.165) is 12.4 Å². The standard InChI is InChI=1S/C12H19N3S/c1-13-12-4-3-11(9-14-12)10-15-5-2-7-16-8-6-15/h3-4,9H,2,5-8,10H2,1H3,(H,13,14). The lowest BCUT2D eigenvalue weighted by Gasteiger charge is -2.19. The van der Waals surface area contributed by atoms with E-state index in [1.807, 2.05) is 19.3 Å². The Balaban J connectivity index is 1.91. The van der Waals surface area contributed by atoms with Crippen molar-refractivity contribution in [1.82, 2.24) is 9.88 Å². The summed E-state index contributed by atoms with van der Waals surface area (Å²) in [6.07, 6.45) is 3.29. The summed E-state index contributed by atoms with van der Waals surface area (Å²) in [5.41, 5.74) is 1.31. The maximum Gasteiger partial charge on any atom is 0.125 e. The average molecular weight is 237 g/mol. The zero-order chi connectivity index (χ0) is 11.2. The Labute approximate surface area is 102 Å². The van der Waals surface area contributed by atoms with Crippen molar-refractivity contribution in [1.29, 1.82) is 0 Å². The van der Waals surface area contributed by atoms with Gasteiger partial charge in [-0.05, 0) is 30.3 Å². The van der Waals surface area contributed by atoms with E-state index in [-0.39, 0.29) is 0 Å². The minimum Gasteiger partial charge on any atom is -0.373 e. The molecule has 0 saturated carbocycles. The van der Waals surface area contributed by atoms with Crippen LogP contribution in [0, 0.1) is 0 Å². The van der Waals surface area contributed by atoms with Gasteiger partial charge in [-0.15, -0.1) is 0 Å². The third kappa shape index (κ3) is 3.39. The van der Waals surface area contributed by atoms with E-state index in [1.54, 1.807) is 0 Å². The lowest BCUT2D eigenvalue weighted by molar-refractivity contribution is 0.287. The van der Waals surface area contributed by atoms with Crippen LogP contribution in [0.25, 0.3) is 0 Å². The topological polar surface area (TPSA) is 28.2 Å². The molecule has 0 amide bonds. The summed E-state index contributed by atoms with van der Waals surface area (Å²) in [6.45, 7) is 3.47. The van der Waals surface area contributed by atoms with Crippen LogP contribution in [-0.2, 0) is 6.54 Å². The van der Waals surface area contributed by atoms with Gasteiger partial charge in [-0.2, -0.15) is 11.8 Å². The van der Waals surface area contributed by atoms with Crippen LogP contribution in [0.5, 0.6) is 0 Å². The molecule has 2 heterocycles. The molecule has 1 N–H and O–H groups in total. The number of anilines is 1. The SMILES string of the molecule is CNc1ccc(CN2CCCSCC2)cn1. The molecule has 0 unspecified atom stereocenters. The molecule has 3 nitrogen and oxygen atoms in total. The summed E-state index contributed by atoms with van der Waals surface area (Å²) >= 11 is 2.07. The summed E-state index contributed by atoms with van der Waals surface area (Å²) in [5.74, 6) is 3.52. The Kier molecular flexibility index (Phi) is 4.48. The first kappa shape index (κ1) is 11.7. The molecule has 4 heteroatoms. The zero-order valence-corrected chi connectivity index (χ0v) is 10.6. The predicted molar refractivity (Wildman–Crippen MR) is 71.0 cm³/mol. The van der Waals surface area contributed by atoms with Gasteiger partial charge in [0.25, 0.3) is 0 Å². The highest BCUT2D eigenvalue weighted by Gasteiger charge is 2.09. The lowest BCUT2D eigenvalue weighted by atomic mass is 10.2. The van der Waals surface area contributed by atoms with Gasteiger partial charge >= 0.3 is 0 Å². The number of hydrogen-bond donors (Lipinski definition) is 1. The number of aromatic nitrogens is 1. The maximum atomic E-state index is 4.34. The molecule has 0 aliphatic carbocycles. The van der Waals surface area contributed by atoms with Crippen molar-refractivity contribution in [3.05, 3.63) is 23.9 Å². The highest BCUT2D eigenvalue weighted by molar-refractivity contribution is 7.99. The van der Waals surface area contributed by atoms with Crippen LogP contribution in [0.1, 0.15) is 12.0 Å². The van der Waals surface area contributed by atoms with Gasteiger partial charge in [0.1, 0.15) is 5.82 Å². The van der Waals surface area contributed by atoms with Crippen LogP contribution >= 0.6 is 11.8 Å². The highest BCUT2D eigenvalue weighted by atomic mass is 32.2. The average Bonchev–Trinajstić information content (AvgIpc) is 2.59. The lowest BCUT2D eigenvalue weighted by Crippen LogP contribution is -2.25. The van der Waals surface area contributed by atoms with Gasteiger partial charge < -0.3 is 5.32 Å². The number of nitrogens with one attached hydrogen (secondary N) is 1. The summed E-state index contributed by atoms with van der Waals surface area (Å²) in [5, 5.41) is 3.04. The van der Waals surface area contributed by atoms with Crippen LogP contribution in [0.2, 0.25) is 0 Å². The molecule has 88 valence electrons. The van der Waals surface area contributed by atoms with E-state index in [2.05, 4.69) is 33.0 Å². The predicted octanol–water partition coefficient (Wildman–Crippen LogP) is 2.06. The van der Waals surface area contributed by atoms with Gasteiger partial charge in [0.15, 0.2) is 0 Å². The van der Waals surface area contributed by atoms with Crippen molar-refractivity contribution in [2.24, 2.45) is 0 Å². The number of nitrogens with zero attached hydrogens (tertiary/aromatic N) is 2. The minimum atomic E-state index is 0.940. The zero-order valence-electron chi connectivity index (χ0n) is 9.78. The summed E-state index contributed by atoms with van der Waals surface area (Å²) < 4.78 is 0. The molecule has 16 heavy (non-hydrogen) atoms. The Morgan fingerprint density at radius 2 is 2.31 bits per heavy atom. The van der Waals surface area contributed by atoms with Gasteiger partial charge in [-0.3, -0.25) is 4.90 Å². The Hall–Kier alpha value is -0.740. The molecule has 0 bridgehead atoms. The molecule has 0 atom stereocenters. The number of hydrogen-bond acceptors (Lipinski definition) is 4. The van der Waals surface area contributed by atoms with Crippen LogP contribution in [0.4, 0.5) is 5.82 Å². The first-order valence-electron chi connectivity index (χ1n) is 5.81. The van der Waals surface area contributed by atoms with Crippen LogP contribution in [0.15, 0.2) is 18.3 Å². The van der Waals surface area contributed by atoms with Gasteiger partial charge in [0.2, 0.25) is 0 Å². The fraction of sp³-hybridized carbons (Fsp3) is 0.583. The van der Waals surface area contributed by atoms with Crippen molar-refractivity contribution in [2.45, 2.75) is 13.0 Å². The molecule has 1 fully saturated rings. The van der Waals surface area contributed by atoms with Crippen LogP contribution in [-0.4, -0.2) is 41.5 Å². The molecule has 1 aliphatic rings.